The van der Waals surface area contributed by atoms with E-state index in [4.69, 9.17) is 16.3 Å². The van der Waals surface area contributed by atoms with Gasteiger partial charge in [0.05, 0.1) is 18.7 Å². The van der Waals surface area contributed by atoms with E-state index in [1.165, 1.54) is 11.0 Å². The number of benzene rings is 1. The maximum atomic E-state index is 11.9. The second-order valence-electron chi connectivity index (χ2n) is 3.95. The molecule has 0 unspecified atom stereocenters. The van der Waals surface area contributed by atoms with Gasteiger partial charge in [0.25, 0.3) is 0 Å². The van der Waals surface area contributed by atoms with Gasteiger partial charge in [0.15, 0.2) is 0 Å². The number of halogens is 1. The Morgan fingerprint density at radius 3 is 2.75 bits per heavy atom. The summed E-state index contributed by atoms with van der Waals surface area (Å²) in [5.74, 6) is -0.391. The van der Waals surface area contributed by atoms with Crippen molar-refractivity contribution in [2.45, 2.75) is 13.5 Å². The zero-order valence-corrected chi connectivity index (χ0v) is 11.6. The zero-order valence-electron chi connectivity index (χ0n) is 10.9. The highest BCUT2D eigenvalue weighted by Crippen LogP contribution is 2.14. The smallest absolute Gasteiger partial charge is 0.335 e. The molecule has 0 amide bonds. The van der Waals surface area contributed by atoms with Gasteiger partial charge in [-0.15, -0.1) is 5.10 Å². The van der Waals surface area contributed by atoms with E-state index in [9.17, 15) is 4.79 Å². The molecule has 0 fully saturated rings. The van der Waals surface area contributed by atoms with Gasteiger partial charge in [-0.05, 0) is 41.1 Å². The van der Waals surface area contributed by atoms with Crippen LogP contribution in [0.4, 0.5) is 0 Å². The van der Waals surface area contributed by atoms with Crippen LogP contribution in [0.2, 0.25) is 5.02 Å². The lowest BCUT2D eigenvalue weighted by molar-refractivity contribution is -0.138. The fourth-order valence-electron chi connectivity index (χ4n) is 1.58. The summed E-state index contributed by atoms with van der Waals surface area (Å²) in [7, 11) is 0. The lowest BCUT2D eigenvalue weighted by Gasteiger charge is -2.06. The molecule has 0 aliphatic carbocycles. The van der Waals surface area contributed by atoms with Crippen LogP contribution < -0.4 is 0 Å². The molecule has 2 rings (SSSR count). The molecule has 0 aliphatic heterocycles. The molecule has 1 aromatic heterocycles. The van der Waals surface area contributed by atoms with Crippen LogP contribution in [0, 0.1) is 0 Å². The van der Waals surface area contributed by atoms with Gasteiger partial charge in [0.2, 0.25) is 0 Å². The van der Waals surface area contributed by atoms with Crippen LogP contribution in [0.15, 0.2) is 36.2 Å². The summed E-state index contributed by atoms with van der Waals surface area (Å²) in [5, 5.41) is 11.4. The van der Waals surface area contributed by atoms with Crippen molar-refractivity contribution in [2.75, 3.05) is 6.61 Å². The number of tetrazole rings is 1. The maximum absolute atomic E-state index is 11.9. The topological polar surface area (TPSA) is 69.9 Å². The summed E-state index contributed by atoms with van der Waals surface area (Å²) in [6.45, 7) is 2.32. The van der Waals surface area contributed by atoms with Gasteiger partial charge in [0, 0.05) is 5.02 Å². The number of hydrogen-bond acceptors (Lipinski definition) is 5. The van der Waals surface area contributed by atoms with Gasteiger partial charge < -0.3 is 4.74 Å². The molecule has 104 valence electrons. The summed E-state index contributed by atoms with van der Waals surface area (Å²) in [4.78, 5) is 11.9. The van der Waals surface area contributed by atoms with E-state index in [0.29, 0.717) is 17.2 Å². The van der Waals surface area contributed by atoms with Crippen LogP contribution in [0.25, 0.3) is 6.08 Å². The average Bonchev–Trinajstić information content (AvgIpc) is 2.94. The molecular weight excluding hydrogens is 280 g/mol. The number of ether oxygens (including phenoxy) is 1. The summed E-state index contributed by atoms with van der Waals surface area (Å²) in [6, 6.07) is 7.16. The Labute approximate surface area is 121 Å². The molecule has 6 nitrogen and oxygen atoms in total. The van der Waals surface area contributed by atoms with Crippen LogP contribution >= 0.6 is 11.6 Å². The van der Waals surface area contributed by atoms with Gasteiger partial charge >= 0.3 is 5.97 Å². The van der Waals surface area contributed by atoms with E-state index >= 15 is 0 Å². The predicted octanol–water partition coefficient (Wildman–Crippen LogP) is 1.97. The Hall–Kier alpha value is -2.21. The fourth-order valence-corrected chi connectivity index (χ4v) is 1.71. The van der Waals surface area contributed by atoms with Crippen molar-refractivity contribution in [3.63, 3.8) is 0 Å². The average molecular weight is 293 g/mol. The van der Waals surface area contributed by atoms with Crippen molar-refractivity contribution in [2.24, 2.45) is 0 Å². The van der Waals surface area contributed by atoms with E-state index in [1.54, 1.807) is 25.1 Å². The highest BCUT2D eigenvalue weighted by Gasteiger charge is 2.12. The summed E-state index contributed by atoms with van der Waals surface area (Å²) < 4.78 is 6.49. The number of nitrogens with zero attached hydrogens (tertiary/aromatic N) is 4. The molecule has 0 saturated heterocycles. The molecule has 1 heterocycles. The van der Waals surface area contributed by atoms with Crippen molar-refractivity contribution in [1.29, 1.82) is 0 Å². The first kappa shape index (κ1) is 14.2. The summed E-state index contributed by atoms with van der Waals surface area (Å²) >= 11 is 5.83. The predicted molar refractivity (Wildman–Crippen MR) is 73.9 cm³/mol. The minimum atomic E-state index is -0.391. The van der Waals surface area contributed by atoms with E-state index < -0.39 is 5.97 Å². The number of rotatable bonds is 5. The highest BCUT2D eigenvalue weighted by atomic mass is 35.5. The molecule has 0 radical (unpaired) electrons. The number of carbonyl (C=O) groups is 1. The number of hydrogen-bond donors (Lipinski definition) is 0. The Balaban J connectivity index is 2.25. The molecule has 7 heteroatoms. The number of esters is 1. The van der Waals surface area contributed by atoms with Crippen molar-refractivity contribution in [3.05, 3.63) is 46.8 Å². The molecule has 0 aliphatic rings. The molecule has 0 spiro atoms. The van der Waals surface area contributed by atoms with Crippen molar-refractivity contribution in [1.82, 2.24) is 20.2 Å². The Bertz CT molecular complexity index is 593. The standard InChI is InChI=1S/C13H13ClN4O2/c1-2-20-13(19)11(8-18-9-15-16-17-18)7-10-3-5-12(14)6-4-10/h3-7,9H,2,8H2,1H3/b11-7+. The van der Waals surface area contributed by atoms with Crippen LogP contribution in [0.3, 0.4) is 0 Å². The van der Waals surface area contributed by atoms with Crippen molar-refractivity contribution < 1.29 is 9.53 Å². The Kier molecular flexibility index (Phi) is 4.84. The van der Waals surface area contributed by atoms with Crippen LogP contribution in [-0.2, 0) is 16.1 Å². The lowest BCUT2D eigenvalue weighted by atomic mass is 10.1. The zero-order chi connectivity index (χ0) is 14.4. The Morgan fingerprint density at radius 1 is 1.40 bits per heavy atom. The fraction of sp³-hybridized carbons (Fsp3) is 0.231. The van der Waals surface area contributed by atoms with Crippen molar-refractivity contribution >= 4 is 23.6 Å². The van der Waals surface area contributed by atoms with Gasteiger partial charge in [0.1, 0.15) is 6.33 Å². The van der Waals surface area contributed by atoms with E-state index in [2.05, 4.69) is 15.5 Å². The third-order valence-corrected chi connectivity index (χ3v) is 2.72. The molecule has 2 aromatic rings. The van der Waals surface area contributed by atoms with Crippen molar-refractivity contribution in [3.8, 4) is 0 Å². The third-order valence-electron chi connectivity index (χ3n) is 2.47. The second-order valence-corrected chi connectivity index (χ2v) is 4.39. The second kappa shape index (κ2) is 6.81. The Morgan fingerprint density at radius 2 is 2.15 bits per heavy atom. The van der Waals surface area contributed by atoms with Gasteiger partial charge in [-0.2, -0.15) is 0 Å². The maximum Gasteiger partial charge on any atom is 0.335 e. The summed E-state index contributed by atoms with van der Waals surface area (Å²) in [6.07, 6.45) is 3.17. The molecule has 20 heavy (non-hydrogen) atoms. The largest absolute Gasteiger partial charge is 0.463 e. The number of carbonyl (C=O) groups excluding carboxylic acids is 1. The van der Waals surface area contributed by atoms with E-state index in [0.717, 1.165) is 5.56 Å². The first-order valence-corrected chi connectivity index (χ1v) is 6.41. The van der Waals surface area contributed by atoms with Gasteiger partial charge in [-0.25, -0.2) is 9.48 Å². The molecule has 0 bridgehead atoms. The minimum absolute atomic E-state index is 0.245. The third kappa shape index (κ3) is 3.89. The normalized spacial score (nSPS) is 11.4. The molecule has 0 saturated carbocycles. The SMILES string of the molecule is CCOC(=O)/C(=C/c1ccc(Cl)cc1)Cn1cnnn1. The molecule has 0 atom stereocenters. The van der Waals surface area contributed by atoms with Gasteiger partial charge in [-0.3, -0.25) is 0 Å². The van der Waals surface area contributed by atoms with Crippen LogP contribution in [0.5, 0.6) is 0 Å². The molecular formula is C13H13ClN4O2. The minimum Gasteiger partial charge on any atom is -0.463 e. The quantitative estimate of drug-likeness (QED) is 0.622. The molecule has 0 N–H and O–H groups in total. The van der Waals surface area contributed by atoms with Crippen LogP contribution in [-0.4, -0.2) is 32.8 Å². The van der Waals surface area contributed by atoms with Gasteiger partial charge in [-0.1, -0.05) is 23.7 Å². The van der Waals surface area contributed by atoms with Crippen LogP contribution in [0.1, 0.15) is 12.5 Å². The van der Waals surface area contributed by atoms with E-state index in [-0.39, 0.29) is 6.54 Å². The molecule has 1 aromatic carbocycles. The number of aromatic nitrogens is 4. The van der Waals surface area contributed by atoms with E-state index in [1.807, 2.05) is 12.1 Å². The monoisotopic (exact) mass is 292 g/mol. The lowest BCUT2D eigenvalue weighted by Crippen LogP contribution is -2.13. The summed E-state index contributed by atoms with van der Waals surface area (Å²) in [5.41, 5.74) is 1.31. The highest BCUT2D eigenvalue weighted by molar-refractivity contribution is 6.30. The first-order valence-electron chi connectivity index (χ1n) is 6.03. The first-order chi connectivity index (χ1) is 9.69.